The zero-order valence-corrected chi connectivity index (χ0v) is 17.4. The molecule has 3 N–H and O–H groups in total. The first kappa shape index (κ1) is 21.3. The Bertz CT molecular complexity index is 1060. The van der Waals surface area contributed by atoms with Gasteiger partial charge < -0.3 is 15.6 Å². The van der Waals surface area contributed by atoms with Gasteiger partial charge >= 0.3 is 0 Å². The van der Waals surface area contributed by atoms with Gasteiger partial charge in [0.2, 0.25) is 11.8 Å². The van der Waals surface area contributed by atoms with E-state index in [9.17, 15) is 14.4 Å². The van der Waals surface area contributed by atoms with E-state index in [1.807, 2.05) is 43.0 Å². The summed E-state index contributed by atoms with van der Waals surface area (Å²) < 4.78 is 0. The lowest BCUT2D eigenvalue weighted by Crippen LogP contribution is -2.43. The summed E-state index contributed by atoms with van der Waals surface area (Å²) in [6.45, 7) is 5.84. The second-order valence-corrected chi connectivity index (χ2v) is 7.16. The fourth-order valence-electron chi connectivity index (χ4n) is 3.41. The fraction of sp³-hybridized carbons (Fsp3) is 0.261. The van der Waals surface area contributed by atoms with Crippen molar-refractivity contribution in [1.82, 2.24) is 9.88 Å². The van der Waals surface area contributed by atoms with E-state index in [-0.39, 0.29) is 24.1 Å². The molecule has 0 fully saturated rings. The maximum atomic E-state index is 13.1. The number of fused-ring (bicyclic) bond motifs is 1. The number of aromatic amines is 1. The van der Waals surface area contributed by atoms with Crippen molar-refractivity contribution in [2.75, 3.05) is 23.7 Å². The second kappa shape index (κ2) is 9.37. The van der Waals surface area contributed by atoms with E-state index in [0.29, 0.717) is 23.5 Å². The van der Waals surface area contributed by atoms with Crippen LogP contribution in [0.1, 0.15) is 31.1 Å². The van der Waals surface area contributed by atoms with Gasteiger partial charge in [0.15, 0.2) is 5.78 Å². The maximum Gasteiger partial charge on any atom is 0.238 e. The number of carbonyl (C=O) groups excluding carboxylic acids is 3. The van der Waals surface area contributed by atoms with E-state index < -0.39 is 6.04 Å². The summed E-state index contributed by atoms with van der Waals surface area (Å²) in [6, 6.07) is 14.1. The van der Waals surface area contributed by atoms with E-state index in [2.05, 4.69) is 15.6 Å². The Labute approximate surface area is 175 Å². The molecule has 1 atom stereocenters. The highest BCUT2D eigenvalue weighted by atomic mass is 16.2. The van der Waals surface area contributed by atoms with Crippen LogP contribution in [-0.2, 0) is 9.59 Å². The van der Waals surface area contributed by atoms with Crippen molar-refractivity contribution in [3.05, 3.63) is 60.3 Å². The molecule has 0 bridgehead atoms. The minimum absolute atomic E-state index is 0.0261. The lowest BCUT2D eigenvalue weighted by Gasteiger charge is -2.26. The Morgan fingerprint density at radius 3 is 2.27 bits per heavy atom. The highest BCUT2D eigenvalue weighted by molar-refractivity contribution is 6.10. The van der Waals surface area contributed by atoms with Crippen molar-refractivity contribution in [1.29, 1.82) is 0 Å². The predicted molar refractivity (Wildman–Crippen MR) is 119 cm³/mol. The number of carbonyl (C=O) groups is 3. The normalized spacial score (nSPS) is 12.0. The predicted octanol–water partition coefficient (Wildman–Crippen LogP) is 3.66. The van der Waals surface area contributed by atoms with Crippen molar-refractivity contribution >= 4 is 39.9 Å². The molecule has 0 unspecified atom stereocenters. The standard InChI is InChI=1S/C23H26N4O3/c1-4-27(14-22(29)26-18-11-9-17(10-12-18)25-16(3)28)15(2)23(30)20-13-24-21-8-6-5-7-19(20)21/h5-13,15,24H,4,14H2,1-3H3,(H,25,28)(H,26,29)/t15-/m0/s1. The monoisotopic (exact) mass is 406 g/mol. The Hall–Kier alpha value is -3.45. The van der Waals surface area contributed by atoms with Crippen molar-refractivity contribution in [2.45, 2.75) is 26.8 Å². The molecule has 7 heteroatoms. The van der Waals surface area contributed by atoms with Gasteiger partial charge in [0.1, 0.15) is 0 Å². The number of likely N-dealkylation sites (N-methyl/N-ethyl adjacent to an activating group) is 1. The van der Waals surface area contributed by atoms with Crippen molar-refractivity contribution in [3.63, 3.8) is 0 Å². The summed E-state index contributed by atoms with van der Waals surface area (Å²) in [7, 11) is 0. The van der Waals surface area contributed by atoms with Crippen molar-refractivity contribution < 1.29 is 14.4 Å². The third kappa shape index (κ3) is 4.93. The Balaban J connectivity index is 1.64. The summed E-state index contributed by atoms with van der Waals surface area (Å²) in [5, 5.41) is 6.40. The minimum Gasteiger partial charge on any atom is -0.360 e. The molecule has 0 aliphatic carbocycles. The van der Waals surface area contributed by atoms with Crippen LogP contribution in [0.5, 0.6) is 0 Å². The molecule has 3 rings (SSSR count). The van der Waals surface area contributed by atoms with Gasteiger partial charge in [0, 0.05) is 41.0 Å². The number of H-pyrrole nitrogens is 1. The molecule has 0 aliphatic heterocycles. The van der Waals surface area contributed by atoms with E-state index >= 15 is 0 Å². The van der Waals surface area contributed by atoms with Gasteiger partial charge in [0.25, 0.3) is 0 Å². The van der Waals surface area contributed by atoms with Crippen molar-refractivity contribution in [2.24, 2.45) is 0 Å². The first-order valence-electron chi connectivity index (χ1n) is 9.91. The summed E-state index contributed by atoms with van der Waals surface area (Å²) in [5.41, 5.74) is 2.83. The maximum absolute atomic E-state index is 13.1. The Morgan fingerprint density at radius 2 is 1.63 bits per heavy atom. The number of aromatic nitrogens is 1. The van der Waals surface area contributed by atoms with Crippen LogP contribution in [-0.4, -0.2) is 46.6 Å². The lowest BCUT2D eigenvalue weighted by atomic mass is 10.0. The average Bonchev–Trinajstić information content (AvgIpc) is 3.16. The summed E-state index contributed by atoms with van der Waals surface area (Å²) >= 11 is 0. The molecule has 30 heavy (non-hydrogen) atoms. The first-order chi connectivity index (χ1) is 14.4. The third-order valence-corrected chi connectivity index (χ3v) is 5.02. The molecule has 3 aromatic rings. The zero-order valence-electron chi connectivity index (χ0n) is 17.4. The second-order valence-electron chi connectivity index (χ2n) is 7.16. The molecule has 1 heterocycles. The van der Waals surface area contributed by atoms with E-state index in [1.54, 1.807) is 30.5 Å². The van der Waals surface area contributed by atoms with Crippen LogP contribution < -0.4 is 10.6 Å². The quantitative estimate of drug-likeness (QED) is 0.498. The van der Waals surface area contributed by atoms with Crippen LogP contribution in [0.15, 0.2) is 54.7 Å². The van der Waals surface area contributed by atoms with Gasteiger partial charge in [-0.1, -0.05) is 25.1 Å². The molecule has 2 amide bonds. The van der Waals surface area contributed by atoms with Crippen LogP contribution in [0, 0.1) is 0 Å². The van der Waals surface area contributed by atoms with E-state index in [1.165, 1.54) is 6.92 Å². The molecule has 0 radical (unpaired) electrons. The minimum atomic E-state index is -0.443. The summed E-state index contributed by atoms with van der Waals surface area (Å²) in [6.07, 6.45) is 1.73. The Kier molecular flexibility index (Phi) is 6.64. The van der Waals surface area contributed by atoms with E-state index in [4.69, 9.17) is 0 Å². The average molecular weight is 406 g/mol. The first-order valence-corrected chi connectivity index (χ1v) is 9.91. The largest absolute Gasteiger partial charge is 0.360 e. The number of nitrogens with zero attached hydrogens (tertiary/aromatic N) is 1. The number of Topliss-reactive ketones (excluding diaryl/α,β-unsaturated/α-hetero) is 1. The zero-order chi connectivity index (χ0) is 21.7. The number of hydrogen-bond acceptors (Lipinski definition) is 4. The number of ketones is 1. The number of anilines is 2. The number of para-hydroxylation sites is 1. The topological polar surface area (TPSA) is 94.3 Å². The fourth-order valence-corrected chi connectivity index (χ4v) is 3.41. The van der Waals surface area contributed by atoms with Crippen LogP contribution in [0.3, 0.4) is 0 Å². The van der Waals surface area contributed by atoms with Gasteiger partial charge in [-0.2, -0.15) is 0 Å². The van der Waals surface area contributed by atoms with Gasteiger partial charge in [-0.3, -0.25) is 19.3 Å². The van der Waals surface area contributed by atoms with Crippen molar-refractivity contribution in [3.8, 4) is 0 Å². The number of hydrogen-bond donors (Lipinski definition) is 3. The number of amides is 2. The number of rotatable bonds is 8. The lowest BCUT2D eigenvalue weighted by molar-refractivity contribution is -0.117. The van der Waals surface area contributed by atoms with Crippen LogP contribution >= 0.6 is 0 Å². The SMILES string of the molecule is CCN(CC(=O)Nc1ccc(NC(C)=O)cc1)[C@@H](C)C(=O)c1c[nH]c2ccccc12. The molecular formula is C23H26N4O3. The molecule has 0 aliphatic rings. The van der Waals surface area contributed by atoms with Gasteiger partial charge in [0.05, 0.1) is 12.6 Å². The molecule has 2 aromatic carbocycles. The van der Waals surface area contributed by atoms with Crippen LogP contribution in [0.2, 0.25) is 0 Å². The molecular weight excluding hydrogens is 380 g/mol. The van der Waals surface area contributed by atoms with Gasteiger partial charge in [-0.15, -0.1) is 0 Å². The van der Waals surface area contributed by atoms with Gasteiger partial charge in [-0.25, -0.2) is 0 Å². The van der Waals surface area contributed by atoms with Crippen LogP contribution in [0.4, 0.5) is 11.4 Å². The Morgan fingerprint density at radius 1 is 1.00 bits per heavy atom. The third-order valence-electron chi connectivity index (χ3n) is 5.02. The summed E-state index contributed by atoms with van der Waals surface area (Å²) in [4.78, 5) is 41.6. The summed E-state index contributed by atoms with van der Waals surface area (Å²) in [5.74, 6) is -0.385. The molecule has 0 spiro atoms. The molecule has 156 valence electrons. The number of nitrogens with one attached hydrogen (secondary N) is 3. The van der Waals surface area contributed by atoms with Gasteiger partial charge in [-0.05, 0) is 43.8 Å². The van der Waals surface area contributed by atoms with Crippen LogP contribution in [0.25, 0.3) is 10.9 Å². The molecule has 1 aromatic heterocycles. The smallest absolute Gasteiger partial charge is 0.238 e. The molecule has 7 nitrogen and oxygen atoms in total. The molecule has 0 saturated heterocycles. The highest BCUT2D eigenvalue weighted by Crippen LogP contribution is 2.21. The van der Waals surface area contributed by atoms with E-state index in [0.717, 1.165) is 10.9 Å². The molecule has 0 saturated carbocycles. The number of benzene rings is 2. The highest BCUT2D eigenvalue weighted by Gasteiger charge is 2.25.